The molecule has 0 atom stereocenters. The Labute approximate surface area is 181 Å². The van der Waals surface area contributed by atoms with E-state index in [0.717, 1.165) is 12.7 Å². The number of benzene rings is 2. The second-order valence-electron chi connectivity index (χ2n) is 5.02. The van der Waals surface area contributed by atoms with Crippen LogP contribution in [0.15, 0.2) is 41.3 Å². The summed E-state index contributed by atoms with van der Waals surface area (Å²) in [5.41, 5.74) is 1.47. The zero-order valence-corrected chi connectivity index (χ0v) is 18.8. The van der Waals surface area contributed by atoms with Crippen molar-refractivity contribution in [2.45, 2.75) is 0 Å². The summed E-state index contributed by atoms with van der Waals surface area (Å²) in [5, 5.41) is 9.88. The molecule has 1 amide bonds. The molecule has 0 aromatic heterocycles. The molecule has 0 bridgehead atoms. The highest BCUT2D eigenvalue weighted by molar-refractivity contribution is 14.1. The topological polar surface area (TPSA) is 49.8 Å². The van der Waals surface area contributed by atoms with Crippen LogP contribution < -0.4 is 9.64 Å². The maximum Gasteiger partial charge on any atom is 0.270 e. The molecule has 1 N–H and O–H groups in total. The van der Waals surface area contributed by atoms with E-state index in [9.17, 15) is 9.90 Å². The second-order valence-corrected chi connectivity index (χ2v) is 9.02. The molecule has 0 spiro atoms. The number of thiocarbonyl (C=S) groups is 1. The molecule has 2 aromatic carbocycles. The standard InChI is InChI=1S/C17H11I2NO3S2/c1-23-13-5-3-2-4-12(13)20-16(22)14(25-17(20)24)8-9-6-10(18)15(21)11(19)7-9/h2-8,21H,1H3/b14-8+. The molecular weight excluding hydrogens is 584 g/mol. The van der Waals surface area contributed by atoms with Gasteiger partial charge in [-0.1, -0.05) is 36.1 Å². The van der Waals surface area contributed by atoms with Gasteiger partial charge in [-0.05, 0) is 81.1 Å². The van der Waals surface area contributed by atoms with Gasteiger partial charge in [-0.2, -0.15) is 0 Å². The number of para-hydroxylation sites is 2. The maximum absolute atomic E-state index is 12.9. The third kappa shape index (κ3) is 3.81. The molecule has 0 unspecified atom stereocenters. The number of methoxy groups -OCH3 is 1. The van der Waals surface area contributed by atoms with Crippen molar-refractivity contribution >= 4 is 91.2 Å². The lowest BCUT2D eigenvalue weighted by Crippen LogP contribution is -2.27. The van der Waals surface area contributed by atoms with Crippen LogP contribution in [0.25, 0.3) is 6.08 Å². The van der Waals surface area contributed by atoms with E-state index in [1.54, 1.807) is 25.3 Å². The van der Waals surface area contributed by atoms with Crippen molar-refractivity contribution in [1.82, 2.24) is 0 Å². The van der Waals surface area contributed by atoms with Crippen LogP contribution in [0, 0.1) is 7.14 Å². The van der Waals surface area contributed by atoms with E-state index in [-0.39, 0.29) is 11.7 Å². The van der Waals surface area contributed by atoms with Crippen molar-refractivity contribution in [3.05, 3.63) is 54.0 Å². The number of carbonyl (C=O) groups excluding carboxylic acids is 1. The van der Waals surface area contributed by atoms with Crippen LogP contribution in [0.4, 0.5) is 5.69 Å². The van der Waals surface area contributed by atoms with E-state index < -0.39 is 0 Å². The average Bonchev–Trinajstić information content (AvgIpc) is 2.86. The molecule has 1 aliphatic heterocycles. The van der Waals surface area contributed by atoms with E-state index in [0.29, 0.717) is 20.7 Å². The largest absolute Gasteiger partial charge is 0.506 e. The van der Waals surface area contributed by atoms with E-state index in [1.807, 2.05) is 24.3 Å². The predicted molar refractivity (Wildman–Crippen MR) is 122 cm³/mol. The van der Waals surface area contributed by atoms with Crippen LogP contribution in [0.5, 0.6) is 11.5 Å². The minimum atomic E-state index is -0.183. The van der Waals surface area contributed by atoms with Crippen molar-refractivity contribution < 1.29 is 14.6 Å². The Morgan fingerprint density at radius 2 is 1.88 bits per heavy atom. The molecule has 0 radical (unpaired) electrons. The van der Waals surface area contributed by atoms with Gasteiger partial charge in [0.1, 0.15) is 11.5 Å². The van der Waals surface area contributed by atoms with Crippen molar-refractivity contribution in [1.29, 1.82) is 0 Å². The van der Waals surface area contributed by atoms with Gasteiger partial charge in [0, 0.05) is 0 Å². The van der Waals surface area contributed by atoms with Gasteiger partial charge >= 0.3 is 0 Å². The zero-order chi connectivity index (χ0) is 18.1. The van der Waals surface area contributed by atoms with Crippen LogP contribution in [-0.4, -0.2) is 22.4 Å². The van der Waals surface area contributed by atoms with E-state index >= 15 is 0 Å². The van der Waals surface area contributed by atoms with Gasteiger partial charge in [0.15, 0.2) is 4.32 Å². The first-order chi connectivity index (χ1) is 11.9. The zero-order valence-electron chi connectivity index (χ0n) is 12.8. The first kappa shape index (κ1) is 18.9. The van der Waals surface area contributed by atoms with E-state index in [2.05, 4.69) is 45.2 Å². The molecule has 1 saturated heterocycles. The van der Waals surface area contributed by atoms with Crippen LogP contribution in [-0.2, 0) is 4.79 Å². The fourth-order valence-corrected chi connectivity index (χ4v) is 5.41. The molecule has 8 heteroatoms. The van der Waals surface area contributed by atoms with E-state index in [1.165, 1.54) is 16.7 Å². The van der Waals surface area contributed by atoms with Crippen LogP contribution in [0.1, 0.15) is 5.56 Å². The van der Waals surface area contributed by atoms with Crippen LogP contribution >= 0.6 is 69.2 Å². The Hall–Kier alpha value is -0.850. The number of rotatable bonds is 3. The third-order valence-corrected chi connectivity index (χ3v) is 6.40. The lowest BCUT2D eigenvalue weighted by Gasteiger charge is -2.17. The Morgan fingerprint density at radius 1 is 1.24 bits per heavy atom. The Morgan fingerprint density at radius 3 is 2.52 bits per heavy atom. The minimum Gasteiger partial charge on any atom is -0.506 e. The summed E-state index contributed by atoms with van der Waals surface area (Å²) in [7, 11) is 1.56. The molecule has 4 nitrogen and oxygen atoms in total. The number of ether oxygens (including phenoxy) is 1. The quantitative estimate of drug-likeness (QED) is 0.307. The fourth-order valence-electron chi connectivity index (χ4n) is 2.31. The number of phenols is 1. The highest BCUT2D eigenvalue weighted by atomic mass is 127. The molecule has 1 heterocycles. The van der Waals surface area contributed by atoms with Crippen LogP contribution in [0.2, 0.25) is 0 Å². The summed E-state index contributed by atoms with van der Waals surface area (Å²) in [6, 6.07) is 10.9. The Balaban J connectivity index is 1.99. The fraction of sp³-hybridized carbons (Fsp3) is 0.0588. The molecule has 0 saturated carbocycles. The third-order valence-electron chi connectivity index (χ3n) is 3.46. The van der Waals surface area contributed by atoms with Crippen LogP contribution in [0.3, 0.4) is 0 Å². The number of nitrogens with zero attached hydrogens (tertiary/aromatic N) is 1. The second kappa shape index (κ2) is 7.80. The molecule has 2 aromatic rings. The number of hydrogen-bond donors (Lipinski definition) is 1. The van der Waals surface area contributed by atoms with Crippen molar-refractivity contribution in [3.63, 3.8) is 0 Å². The highest BCUT2D eigenvalue weighted by Gasteiger charge is 2.34. The lowest BCUT2D eigenvalue weighted by atomic mass is 10.2. The first-order valence-corrected chi connectivity index (χ1v) is 10.4. The number of thioether (sulfide) groups is 1. The van der Waals surface area contributed by atoms with Crippen molar-refractivity contribution in [3.8, 4) is 11.5 Å². The molecular formula is C17H11I2NO3S2. The summed E-state index contributed by atoms with van der Waals surface area (Å²) >= 11 is 10.8. The molecule has 0 aliphatic carbocycles. The number of carbonyl (C=O) groups is 1. The predicted octanol–water partition coefficient (Wildman–Crippen LogP) is 5.02. The normalized spacial score (nSPS) is 16.0. The smallest absolute Gasteiger partial charge is 0.270 e. The van der Waals surface area contributed by atoms with Gasteiger partial charge in [0.05, 0.1) is 24.8 Å². The number of halogens is 2. The number of amides is 1. The van der Waals surface area contributed by atoms with Gasteiger partial charge in [-0.15, -0.1) is 0 Å². The van der Waals surface area contributed by atoms with Gasteiger partial charge in [-0.3, -0.25) is 9.69 Å². The molecule has 25 heavy (non-hydrogen) atoms. The summed E-state index contributed by atoms with van der Waals surface area (Å²) < 4.78 is 7.27. The minimum absolute atomic E-state index is 0.183. The lowest BCUT2D eigenvalue weighted by molar-refractivity contribution is -0.113. The van der Waals surface area contributed by atoms with Gasteiger partial charge in [0.2, 0.25) is 0 Å². The summed E-state index contributed by atoms with van der Waals surface area (Å²) in [5.74, 6) is 0.659. The number of phenolic OH excluding ortho intramolecular Hbond substituents is 1. The summed E-state index contributed by atoms with van der Waals surface area (Å²) in [6.07, 6.45) is 1.79. The SMILES string of the molecule is COc1ccccc1N1C(=O)/C(=C\c2cc(I)c(O)c(I)c2)SC1=S. The summed E-state index contributed by atoms with van der Waals surface area (Å²) in [4.78, 5) is 14.9. The number of hydrogen-bond acceptors (Lipinski definition) is 5. The van der Waals surface area contributed by atoms with Gasteiger partial charge in [-0.25, -0.2) is 0 Å². The first-order valence-electron chi connectivity index (χ1n) is 7.01. The van der Waals surface area contributed by atoms with Crippen molar-refractivity contribution in [2.24, 2.45) is 0 Å². The van der Waals surface area contributed by atoms with Crippen molar-refractivity contribution in [2.75, 3.05) is 12.0 Å². The average molecular weight is 595 g/mol. The Kier molecular flexibility index (Phi) is 5.91. The molecule has 1 aliphatic rings. The number of anilines is 1. The number of aromatic hydroxyl groups is 1. The summed E-state index contributed by atoms with van der Waals surface area (Å²) in [6.45, 7) is 0. The van der Waals surface area contributed by atoms with Gasteiger partial charge in [0.25, 0.3) is 5.91 Å². The molecule has 3 rings (SSSR count). The Bertz CT molecular complexity index is 892. The molecule has 128 valence electrons. The monoisotopic (exact) mass is 595 g/mol. The van der Waals surface area contributed by atoms with Gasteiger partial charge < -0.3 is 9.84 Å². The maximum atomic E-state index is 12.9. The molecule has 1 fully saturated rings. The van der Waals surface area contributed by atoms with E-state index in [4.69, 9.17) is 17.0 Å². The highest BCUT2D eigenvalue weighted by Crippen LogP contribution is 2.40.